The van der Waals surface area contributed by atoms with Crippen molar-refractivity contribution >= 4 is 35.0 Å². The number of carbonyl (C=O) groups is 2. The Morgan fingerprint density at radius 2 is 1.53 bits per heavy atom. The molecular formula is C22H22N4O6. The number of hydrogen-bond acceptors (Lipinski definition) is 6. The lowest BCUT2D eigenvalue weighted by molar-refractivity contribution is -0.385. The standard InChI is InChI=1S/C22H22N4O6/c27-21(16-7-2-1-3-8-16)24-20(13-15-6-4-10-18(12-15)25(29)30)22(28)23-17-9-5-11-19(14-17)26(31)32/h4-6,9-14,16H,1-3,7-8H2,(H,23,28)(H,24,27). The molecule has 32 heavy (non-hydrogen) atoms. The Hall–Kier alpha value is -4.08. The number of nitrogens with zero attached hydrogens (tertiary/aromatic N) is 2. The molecule has 0 atom stereocenters. The maximum absolute atomic E-state index is 12.9. The molecule has 1 aliphatic carbocycles. The average molecular weight is 438 g/mol. The van der Waals surface area contributed by atoms with Gasteiger partial charge in [-0.2, -0.15) is 0 Å². The number of amides is 2. The van der Waals surface area contributed by atoms with Crippen LogP contribution < -0.4 is 10.6 Å². The average Bonchev–Trinajstić information content (AvgIpc) is 2.79. The highest BCUT2D eigenvalue weighted by Gasteiger charge is 2.24. The molecule has 0 spiro atoms. The van der Waals surface area contributed by atoms with Gasteiger partial charge in [-0.1, -0.05) is 37.5 Å². The van der Waals surface area contributed by atoms with Crippen molar-refractivity contribution < 1.29 is 19.4 Å². The van der Waals surface area contributed by atoms with Gasteiger partial charge in [0, 0.05) is 35.9 Å². The molecule has 1 saturated carbocycles. The molecule has 0 aliphatic heterocycles. The van der Waals surface area contributed by atoms with E-state index in [2.05, 4.69) is 10.6 Å². The van der Waals surface area contributed by atoms with E-state index >= 15 is 0 Å². The maximum Gasteiger partial charge on any atom is 0.272 e. The molecule has 166 valence electrons. The molecule has 0 radical (unpaired) electrons. The van der Waals surface area contributed by atoms with Gasteiger partial charge in [-0.25, -0.2) is 0 Å². The maximum atomic E-state index is 12.9. The van der Waals surface area contributed by atoms with Crippen LogP contribution in [-0.4, -0.2) is 21.7 Å². The van der Waals surface area contributed by atoms with Gasteiger partial charge in [0.1, 0.15) is 5.70 Å². The van der Waals surface area contributed by atoms with Crippen LogP contribution in [0.1, 0.15) is 37.7 Å². The Morgan fingerprint density at radius 3 is 2.19 bits per heavy atom. The van der Waals surface area contributed by atoms with E-state index in [0.717, 1.165) is 32.1 Å². The monoisotopic (exact) mass is 438 g/mol. The van der Waals surface area contributed by atoms with E-state index in [0.29, 0.717) is 5.56 Å². The van der Waals surface area contributed by atoms with Crippen molar-refractivity contribution in [3.63, 3.8) is 0 Å². The lowest BCUT2D eigenvalue weighted by atomic mass is 9.88. The van der Waals surface area contributed by atoms with Crippen molar-refractivity contribution in [2.75, 3.05) is 5.32 Å². The summed E-state index contributed by atoms with van der Waals surface area (Å²) in [4.78, 5) is 46.6. The van der Waals surface area contributed by atoms with Crippen LogP contribution in [0.15, 0.2) is 54.2 Å². The van der Waals surface area contributed by atoms with Crippen LogP contribution in [0.3, 0.4) is 0 Å². The van der Waals surface area contributed by atoms with E-state index in [1.54, 1.807) is 6.07 Å². The number of carbonyl (C=O) groups excluding carboxylic acids is 2. The number of rotatable bonds is 7. The molecule has 0 bridgehead atoms. The van der Waals surface area contributed by atoms with Gasteiger partial charge in [-0.05, 0) is 30.5 Å². The van der Waals surface area contributed by atoms with E-state index in [9.17, 15) is 29.8 Å². The highest BCUT2D eigenvalue weighted by Crippen LogP contribution is 2.24. The highest BCUT2D eigenvalue weighted by atomic mass is 16.6. The molecule has 0 heterocycles. The van der Waals surface area contributed by atoms with Crippen LogP contribution in [0.25, 0.3) is 6.08 Å². The van der Waals surface area contributed by atoms with Crippen LogP contribution in [-0.2, 0) is 9.59 Å². The zero-order valence-electron chi connectivity index (χ0n) is 17.2. The summed E-state index contributed by atoms with van der Waals surface area (Å²) >= 11 is 0. The minimum atomic E-state index is -0.693. The number of anilines is 1. The summed E-state index contributed by atoms with van der Waals surface area (Å²) in [5.74, 6) is -1.21. The highest BCUT2D eigenvalue weighted by molar-refractivity contribution is 6.09. The van der Waals surface area contributed by atoms with Crippen molar-refractivity contribution in [1.82, 2.24) is 5.32 Å². The number of non-ortho nitro benzene ring substituents is 2. The number of nitro groups is 2. The molecule has 1 aliphatic rings. The number of hydrogen-bond donors (Lipinski definition) is 2. The molecule has 10 heteroatoms. The normalized spacial score (nSPS) is 14.4. The predicted octanol–water partition coefficient (Wildman–Crippen LogP) is 4.18. The third-order valence-electron chi connectivity index (χ3n) is 5.19. The topological polar surface area (TPSA) is 144 Å². The molecule has 2 aromatic carbocycles. The Kier molecular flexibility index (Phi) is 7.27. The second kappa shape index (κ2) is 10.3. The van der Waals surface area contributed by atoms with Crippen molar-refractivity contribution in [2.24, 2.45) is 5.92 Å². The largest absolute Gasteiger partial charge is 0.321 e. The minimum Gasteiger partial charge on any atom is -0.321 e. The van der Waals surface area contributed by atoms with E-state index in [1.165, 1.54) is 48.5 Å². The Bertz CT molecular complexity index is 1080. The van der Waals surface area contributed by atoms with Gasteiger partial charge in [0.25, 0.3) is 17.3 Å². The fourth-order valence-corrected chi connectivity index (χ4v) is 3.55. The van der Waals surface area contributed by atoms with Crippen LogP contribution >= 0.6 is 0 Å². The summed E-state index contributed by atoms with van der Waals surface area (Å²) in [6, 6.07) is 11.1. The molecule has 0 unspecified atom stereocenters. The van der Waals surface area contributed by atoms with Gasteiger partial charge in [-0.3, -0.25) is 29.8 Å². The van der Waals surface area contributed by atoms with Crippen LogP contribution in [0.4, 0.5) is 17.1 Å². The van der Waals surface area contributed by atoms with Gasteiger partial charge < -0.3 is 10.6 Å². The van der Waals surface area contributed by atoms with Crippen molar-refractivity contribution in [1.29, 1.82) is 0 Å². The fourth-order valence-electron chi connectivity index (χ4n) is 3.55. The molecule has 0 saturated heterocycles. The van der Waals surface area contributed by atoms with E-state index in [4.69, 9.17) is 0 Å². The zero-order valence-corrected chi connectivity index (χ0v) is 17.2. The lowest BCUT2D eigenvalue weighted by Gasteiger charge is -2.21. The molecule has 0 aromatic heterocycles. The predicted molar refractivity (Wildman–Crippen MR) is 118 cm³/mol. The second-order valence-electron chi connectivity index (χ2n) is 7.50. The molecule has 2 amide bonds. The molecular weight excluding hydrogens is 416 g/mol. The Morgan fingerprint density at radius 1 is 0.906 bits per heavy atom. The number of nitro benzene ring substituents is 2. The summed E-state index contributed by atoms with van der Waals surface area (Å²) in [7, 11) is 0. The zero-order chi connectivity index (χ0) is 23.1. The fraction of sp³-hybridized carbons (Fsp3) is 0.273. The lowest BCUT2D eigenvalue weighted by Crippen LogP contribution is -2.35. The molecule has 2 aromatic rings. The van der Waals surface area contributed by atoms with Crippen molar-refractivity contribution in [3.8, 4) is 0 Å². The third-order valence-corrected chi connectivity index (χ3v) is 5.19. The summed E-state index contributed by atoms with van der Waals surface area (Å²) in [6.07, 6.45) is 5.72. The summed E-state index contributed by atoms with van der Waals surface area (Å²) in [5, 5.41) is 27.2. The van der Waals surface area contributed by atoms with E-state index < -0.39 is 15.8 Å². The first-order valence-corrected chi connectivity index (χ1v) is 10.2. The van der Waals surface area contributed by atoms with Crippen molar-refractivity contribution in [3.05, 3.63) is 80.0 Å². The van der Waals surface area contributed by atoms with Crippen molar-refractivity contribution in [2.45, 2.75) is 32.1 Å². The van der Waals surface area contributed by atoms with Gasteiger partial charge >= 0.3 is 0 Å². The first-order chi connectivity index (χ1) is 15.3. The smallest absolute Gasteiger partial charge is 0.272 e. The SMILES string of the molecule is O=C(Nc1cccc([N+](=O)[O-])c1)C(=Cc1cccc([N+](=O)[O-])c1)NC(=O)C1CCCCC1. The molecule has 3 rings (SSSR count). The van der Waals surface area contributed by atoms with E-state index in [1.807, 2.05) is 0 Å². The molecule has 1 fully saturated rings. The minimum absolute atomic E-state index is 0.104. The van der Waals surface area contributed by atoms with Crippen LogP contribution in [0.2, 0.25) is 0 Å². The third kappa shape index (κ3) is 5.97. The molecule has 10 nitrogen and oxygen atoms in total. The Balaban J connectivity index is 1.88. The number of benzene rings is 2. The first-order valence-electron chi connectivity index (χ1n) is 10.2. The van der Waals surface area contributed by atoms with Gasteiger partial charge in [0.2, 0.25) is 5.91 Å². The Labute approximate surface area is 183 Å². The summed E-state index contributed by atoms with van der Waals surface area (Å²) in [6.45, 7) is 0. The second-order valence-corrected chi connectivity index (χ2v) is 7.50. The number of nitrogens with one attached hydrogen (secondary N) is 2. The van der Waals surface area contributed by atoms with Crippen LogP contribution in [0, 0.1) is 26.1 Å². The molecule has 2 N–H and O–H groups in total. The van der Waals surface area contributed by atoms with Gasteiger partial charge in [0.15, 0.2) is 0 Å². The quantitative estimate of drug-likeness (QED) is 0.377. The summed E-state index contributed by atoms with van der Waals surface area (Å²) < 4.78 is 0. The van der Waals surface area contributed by atoms with E-state index in [-0.39, 0.29) is 34.6 Å². The van der Waals surface area contributed by atoms with Gasteiger partial charge in [0.05, 0.1) is 9.85 Å². The summed E-state index contributed by atoms with van der Waals surface area (Å²) in [5.41, 5.74) is 0.0787. The van der Waals surface area contributed by atoms with Gasteiger partial charge in [-0.15, -0.1) is 0 Å². The van der Waals surface area contributed by atoms with Crippen LogP contribution in [0.5, 0.6) is 0 Å². The first kappa shape index (κ1) is 22.6.